The van der Waals surface area contributed by atoms with Gasteiger partial charge in [0.2, 0.25) is 11.8 Å². The van der Waals surface area contributed by atoms with Crippen LogP contribution in [0.4, 0.5) is 5.69 Å². The molecule has 2 aromatic rings. The zero-order valence-corrected chi connectivity index (χ0v) is 15.6. The smallest absolute Gasteiger partial charge is 0.251 e. The number of hydrogen-bond donors (Lipinski definition) is 2. The van der Waals surface area contributed by atoms with E-state index in [0.717, 1.165) is 23.2 Å². The van der Waals surface area contributed by atoms with Crippen LogP contribution in [-0.4, -0.2) is 29.2 Å². The Morgan fingerprint density at radius 3 is 2.07 bits per heavy atom. The molecule has 0 unspecified atom stereocenters. The first-order valence-corrected chi connectivity index (χ1v) is 8.57. The van der Waals surface area contributed by atoms with Crippen LogP contribution in [0.1, 0.15) is 34.3 Å². The Morgan fingerprint density at radius 1 is 0.926 bits per heavy atom. The predicted molar refractivity (Wildman–Crippen MR) is 105 cm³/mol. The van der Waals surface area contributed by atoms with Crippen LogP contribution in [0.5, 0.6) is 0 Å². The van der Waals surface area contributed by atoms with Crippen molar-refractivity contribution in [3.05, 3.63) is 65.2 Å². The van der Waals surface area contributed by atoms with E-state index in [0.29, 0.717) is 12.1 Å². The molecule has 1 heterocycles. The zero-order valence-electron chi connectivity index (χ0n) is 14.8. The first kappa shape index (κ1) is 20.5. The molecule has 142 valence electrons. The molecule has 0 aromatic heterocycles. The van der Waals surface area contributed by atoms with Crippen molar-refractivity contribution in [2.75, 3.05) is 12.3 Å². The van der Waals surface area contributed by atoms with Gasteiger partial charge in [-0.15, -0.1) is 12.4 Å². The molecule has 0 bridgehead atoms. The van der Waals surface area contributed by atoms with Gasteiger partial charge in [0.05, 0.1) is 6.54 Å². The summed E-state index contributed by atoms with van der Waals surface area (Å²) >= 11 is 0. The summed E-state index contributed by atoms with van der Waals surface area (Å²) in [5, 5.41) is 2.88. The summed E-state index contributed by atoms with van der Waals surface area (Å²) in [6, 6.07) is 14.5. The van der Waals surface area contributed by atoms with E-state index >= 15 is 0 Å². The Kier molecular flexibility index (Phi) is 6.96. The van der Waals surface area contributed by atoms with Crippen LogP contribution in [0.2, 0.25) is 0 Å². The van der Waals surface area contributed by atoms with Crippen molar-refractivity contribution >= 4 is 35.8 Å². The molecule has 1 aliphatic rings. The Balaban J connectivity index is 0.00000261. The highest BCUT2D eigenvalue weighted by Gasteiger charge is 2.28. The first-order valence-electron chi connectivity index (χ1n) is 8.57. The maximum absolute atomic E-state index is 12.2. The van der Waals surface area contributed by atoms with Crippen LogP contribution >= 0.6 is 12.4 Å². The lowest BCUT2D eigenvalue weighted by atomic mass is 10.1. The molecule has 2 aromatic carbocycles. The van der Waals surface area contributed by atoms with Gasteiger partial charge in [-0.1, -0.05) is 24.3 Å². The molecule has 3 N–H and O–H groups in total. The minimum Gasteiger partial charge on any atom is -0.399 e. The van der Waals surface area contributed by atoms with Crippen LogP contribution < -0.4 is 11.1 Å². The molecule has 0 radical (unpaired) electrons. The number of halogens is 1. The number of rotatable bonds is 6. The number of amides is 3. The predicted octanol–water partition coefficient (Wildman–Crippen LogP) is 2.31. The molecule has 1 aliphatic heterocycles. The van der Waals surface area contributed by atoms with E-state index in [-0.39, 0.29) is 49.5 Å². The van der Waals surface area contributed by atoms with Gasteiger partial charge in [0.15, 0.2) is 0 Å². The molecule has 0 saturated carbocycles. The lowest BCUT2D eigenvalue weighted by Crippen LogP contribution is -2.28. The normalized spacial score (nSPS) is 13.4. The van der Waals surface area contributed by atoms with E-state index in [4.69, 9.17) is 5.73 Å². The van der Waals surface area contributed by atoms with Crippen molar-refractivity contribution in [2.24, 2.45) is 0 Å². The number of carbonyl (C=O) groups is 3. The molecular weight excluding hydrogens is 366 g/mol. The van der Waals surface area contributed by atoms with Gasteiger partial charge in [-0.2, -0.15) is 0 Å². The van der Waals surface area contributed by atoms with Crippen molar-refractivity contribution < 1.29 is 14.4 Å². The largest absolute Gasteiger partial charge is 0.399 e. The molecule has 1 saturated heterocycles. The van der Waals surface area contributed by atoms with Crippen LogP contribution in [0.25, 0.3) is 0 Å². The molecular formula is C20H22ClN3O3. The summed E-state index contributed by atoms with van der Waals surface area (Å²) in [6.07, 6.45) is 1.30. The number of carbonyl (C=O) groups excluding carboxylic acids is 3. The topological polar surface area (TPSA) is 92.5 Å². The number of imide groups is 1. The highest BCUT2D eigenvalue weighted by molar-refractivity contribution is 6.01. The summed E-state index contributed by atoms with van der Waals surface area (Å²) in [4.78, 5) is 36.8. The van der Waals surface area contributed by atoms with E-state index < -0.39 is 0 Å². The van der Waals surface area contributed by atoms with Crippen LogP contribution in [0.15, 0.2) is 48.5 Å². The second-order valence-electron chi connectivity index (χ2n) is 6.32. The monoisotopic (exact) mass is 387 g/mol. The Morgan fingerprint density at radius 2 is 1.48 bits per heavy atom. The van der Waals surface area contributed by atoms with Crippen LogP contribution in [-0.2, 0) is 22.6 Å². The van der Waals surface area contributed by atoms with Crippen molar-refractivity contribution in [3.8, 4) is 0 Å². The Bertz CT molecular complexity index is 803. The van der Waals surface area contributed by atoms with Gasteiger partial charge in [-0.3, -0.25) is 19.3 Å². The third-order valence-electron chi connectivity index (χ3n) is 4.39. The second-order valence-corrected chi connectivity index (χ2v) is 6.32. The maximum atomic E-state index is 12.2. The molecule has 3 amide bonds. The number of anilines is 1. The van der Waals surface area contributed by atoms with Gasteiger partial charge in [-0.05, 0) is 41.8 Å². The van der Waals surface area contributed by atoms with E-state index in [9.17, 15) is 14.4 Å². The van der Waals surface area contributed by atoms with Gasteiger partial charge < -0.3 is 11.1 Å². The van der Waals surface area contributed by atoms with Gasteiger partial charge >= 0.3 is 0 Å². The number of likely N-dealkylation sites (tertiary alicyclic amines) is 1. The minimum absolute atomic E-state index is 0. The molecule has 1 fully saturated rings. The standard InChI is InChI=1S/C20H21N3O3.ClH/c21-17-7-3-14(4-8-17)11-12-22-20(26)16-5-1-15(2-6-16)13-23-18(24)9-10-19(23)25;/h1-8H,9-13,21H2,(H,22,26);1H. The molecule has 0 atom stereocenters. The number of benzene rings is 2. The summed E-state index contributed by atoms with van der Waals surface area (Å²) in [5.74, 6) is -0.431. The highest BCUT2D eigenvalue weighted by Crippen LogP contribution is 2.16. The molecule has 27 heavy (non-hydrogen) atoms. The third-order valence-corrected chi connectivity index (χ3v) is 4.39. The van der Waals surface area contributed by atoms with Crippen LogP contribution in [0, 0.1) is 0 Å². The second kappa shape index (κ2) is 9.19. The van der Waals surface area contributed by atoms with Crippen molar-refractivity contribution in [3.63, 3.8) is 0 Å². The molecule has 6 nitrogen and oxygen atoms in total. The number of nitrogen functional groups attached to an aromatic ring is 1. The van der Waals surface area contributed by atoms with Gasteiger partial charge in [0.25, 0.3) is 5.91 Å². The fourth-order valence-corrected chi connectivity index (χ4v) is 2.85. The molecule has 0 spiro atoms. The number of nitrogens with one attached hydrogen (secondary N) is 1. The van der Waals surface area contributed by atoms with E-state index in [1.54, 1.807) is 24.3 Å². The SMILES string of the molecule is Cl.Nc1ccc(CCNC(=O)c2ccc(CN3C(=O)CCC3=O)cc2)cc1. The lowest BCUT2D eigenvalue weighted by molar-refractivity contribution is -0.139. The summed E-state index contributed by atoms with van der Waals surface area (Å²) in [6.45, 7) is 0.790. The van der Waals surface area contributed by atoms with E-state index in [1.807, 2.05) is 24.3 Å². The van der Waals surface area contributed by atoms with Crippen molar-refractivity contribution in [2.45, 2.75) is 25.8 Å². The van der Waals surface area contributed by atoms with Crippen LogP contribution in [0.3, 0.4) is 0 Å². The fourth-order valence-electron chi connectivity index (χ4n) is 2.85. The Hall–Kier alpha value is -2.86. The van der Waals surface area contributed by atoms with Crippen molar-refractivity contribution in [1.82, 2.24) is 10.2 Å². The highest BCUT2D eigenvalue weighted by atomic mass is 35.5. The quantitative estimate of drug-likeness (QED) is 0.587. The first-order chi connectivity index (χ1) is 12.5. The lowest BCUT2D eigenvalue weighted by Gasteiger charge is -2.14. The zero-order chi connectivity index (χ0) is 18.5. The average Bonchev–Trinajstić information content (AvgIpc) is 2.96. The summed E-state index contributed by atoms with van der Waals surface area (Å²) < 4.78 is 0. The molecule has 3 rings (SSSR count). The number of nitrogens with zero attached hydrogens (tertiary/aromatic N) is 1. The number of hydrogen-bond acceptors (Lipinski definition) is 4. The maximum Gasteiger partial charge on any atom is 0.251 e. The minimum atomic E-state index is -0.152. The van der Waals surface area contributed by atoms with E-state index in [1.165, 1.54) is 4.90 Å². The average molecular weight is 388 g/mol. The molecule has 7 heteroatoms. The Labute approximate surface area is 164 Å². The third kappa shape index (κ3) is 5.31. The van der Waals surface area contributed by atoms with Gasteiger partial charge in [0.1, 0.15) is 0 Å². The van der Waals surface area contributed by atoms with Gasteiger partial charge in [0, 0.05) is 30.6 Å². The van der Waals surface area contributed by atoms with Crippen molar-refractivity contribution in [1.29, 1.82) is 0 Å². The summed E-state index contributed by atoms with van der Waals surface area (Å²) in [5.41, 5.74) is 8.84. The molecule has 0 aliphatic carbocycles. The summed E-state index contributed by atoms with van der Waals surface area (Å²) in [7, 11) is 0. The fraction of sp³-hybridized carbons (Fsp3) is 0.250. The number of nitrogens with two attached hydrogens (primary N) is 1. The van der Waals surface area contributed by atoms with Gasteiger partial charge in [-0.25, -0.2) is 0 Å². The van der Waals surface area contributed by atoms with E-state index in [2.05, 4.69) is 5.32 Å².